The highest BCUT2D eigenvalue weighted by atomic mass is 35.5. The number of methoxy groups -OCH3 is 1. The molecular formula is C15H11Cl2NO4. The fraction of sp³-hybridized carbons (Fsp3) is 0.200. The Morgan fingerprint density at radius 1 is 1.36 bits per heavy atom. The lowest BCUT2D eigenvalue weighted by Crippen LogP contribution is -2.17. The maximum absolute atomic E-state index is 11.8. The molecule has 2 aromatic rings. The highest BCUT2D eigenvalue weighted by Crippen LogP contribution is 2.46. The first-order valence-electron chi connectivity index (χ1n) is 6.36. The molecule has 0 aliphatic carbocycles. The average Bonchev–Trinajstić information content (AvgIpc) is 2.47. The van der Waals surface area contributed by atoms with Crippen LogP contribution in [0.2, 0.25) is 10.0 Å². The van der Waals surface area contributed by atoms with Gasteiger partial charge < -0.3 is 14.6 Å². The van der Waals surface area contributed by atoms with E-state index >= 15 is 0 Å². The van der Waals surface area contributed by atoms with E-state index in [1.807, 2.05) is 0 Å². The number of aliphatic hydroxyl groups excluding tert-OH is 1. The molecule has 2 heterocycles. The number of nitrogens with zero attached hydrogens (tertiary/aromatic N) is 1. The van der Waals surface area contributed by atoms with Crippen molar-refractivity contribution in [1.82, 2.24) is 4.98 Å². The lowest BCUT2D eigenvalue weighted by Gasteiger charge is -2.26. The molecule has 5 nitrogen and oxygen atoms in total. The van der Waals surface area contributed by atoms with Crippen molar-refractivity contribution in [3.8, 4) is 17.0 Å². The van der Waals surface area contributed by atoms with Gasteiger partial charge in [-0.15, -0.1) is 0 Å². The SMILES string of the molecule is COC(=O)c1cc2c(nc1C)-c1cc(Cl)cc(Cl)c1O[C@H]2O. The number of rotatable bonds is 1. The van der Waals surface area contributed by atoms with Crippen molar-refractivity contribution in [2.45, 2.75) is 13.2 Å². The number of ether oxygens (including phenoxy) is 2. The summed E-state index contributed by atoms with van der Waals surface area (Å²) >= 11 is 12.1. The molecule has 0 saturated heterocycles. The van der Waals surface area contributed by atoms with E-state index in [0.717, 1.165) is 0 Å². The summed E-state index contributed by atoms with van der Waals surface area (Å²) < 4.78 is 10.1. The third kappa shape index (κ3) is 2.31. The van der Waals surface area contributed by atoms with Crippen molar-refractivity contribution in [1.29, 1.82) is 0 Å². The first-order valence-corrected chi connectivity index (χ1v) is 7.12. The lowest BCUT2D eigenvalue weighted by atomic mass is 9.99. The number of aromatic nitrogens is 1. The van der Waals surface area contributed by atoms with E-state index in [1.54, 1.807) is 13.0 Å². The second kappa shape index (κ2) is 5.43. The van der Waals surface area contributed by atoms with Crippen molar-refractivity contribution in [2.75, 3.05) is 7.11 Å². The third-order valence-electron chi connectivity index (χ3n) is 3.41. The molecule has 0 amide bonds. The molecule has 22 heavy (non-hydrogen) atoms. The minimum Gasteiger partial charge on any atom is -0.465 e. The molecule has 1 N–H and O–H groups in total. The van der Waals surface area contributed by atoms with Crippen molar-refractivity contribution < 1.29 is 19.4 Å². The predicted molar refractivity (Wildman–Crippen MR) is 81.4 cm³/mol. The van der Waals surface area contributed by atoms with Gasteiger partial charge in [0.1, 0.15) is 0 Å². The molecule has 0 spiro atoms. The zero-order valence-corrected chi connectivity index (χ0v) is 13.2. The number of fused-ring (bicyclic) bond motifs is 3. The van der Waals surface area contributed by atoms with Crippen LogP contribution in [0.15, 0.2) is 18.2 Å². The molecule has 0 radical (unpaired) electrons. The molecular weight excluding hydrogens is 329 g/mol. The smallest absolute Gasteiger partial charge is 0.339 e. The largest absolute Gasteiger partial charge is 0.465 e. The number of esters is 1. The van der Waals surface area contributed by atoms with E-state index < -0.39 is 12.3 Å². The summed E-state index contributed by atoms with van der Waals surface area (Å²) in [6.07, 6.45) is -1.28. The van der Waals surface area contributed by atoms with Crippen LogP contribution in [-0.4, -0.2) is 23.2 Å². The quantitative estimate of drug-likeness (QED) is 0.805. The average molecular weight is 340 g/mol. The zero-order chi connectivity index (χ0) is 16.0. The van der Waals surface area contributed by atoms with Crippen LogP contribution in [-0.2, 0) is 4.74 Å². The Hall–Kier alpha value is -1.82. The summed E-state index contributed by atoms with van der Waals surface area (Å²) in [5.41, 5.74) is 2.14. The van der Waals surface area contributed by atoms with Gasteiger partial charge in [0.2, 0.25) is 6.29 Å². The lowest BCUT2D eigenvalue weighted by molar-refractivity contribution is -0.0216. The van der Waals surface area contributed by atoms with Crippen molar-refractivity contribution in [3.05, 3.63) is 45.1 Å². The van der Waals surface area contributed by atoms with E-state index in [4.69, 9.17) is 32.7 Å². The Balaban J connectivity index is 2.27. The van der Waals surface area contributed by atoms with Crippen LogP contribution in [0.25, 0.3) is 11.3 Å². The van der Waals surface area contributed by atoms with E-state index in [0.29, 0.717) is 33.3 Å². The fourth-order valence-electron chi connectivity index (χ4n) is 2.37. The Morgan fingerprint density at radius 2 is 2.09 bits per heavy atom. The number of aliphatic hydroxyl groups is 1. The van der Waals surface area contributed by atoms with Gasteiger partial charge in [0.15, 0.2) is 5.75 Å². The normalized spacial score (nSPS) is 15.6. The van der Waals surface area contributed by atoms with Gasteiger partial charge in [-0.3, -0.25) is 4.98 Å². The van der Waals surface area contributed by atoms with Gasteiger partial charge in [-0.05, 0) is 25.1 Å². The molecule has 114 valence electrons. The monoisotopic (exact) mass is 339 g/mol. The molecule has 1 aromatic heterocycles. The first-order chi connectivity index (χ1) is 10.4. The summed E-state index contributed by atoms with van der Waals surface area (Å²) in [6.45, 7) is 1.68. The van der Waals surface area contributed by atoms with Gasteiger partial charge in [0.25, 0.3) is 0 Å². The van der Waals surface area contributed by atoms with Crippen LogP contribution in [0.3, 0.4) is 0 Å². The molecule has 1 atom stereocenters. The topological polar surface area (TPSA) is 68.7 Å². The second-order valence-corrected chi connectivity index (χ2v) is 5.63. The van der Waals surface area contributed by atoms with Gasteiger partial charge in [0, 0.05) is 16.1 Å². The summed E-state index contributed by atoms with van der Waals surface area (Å²) in [4.78, 5) is 16.2. The van der Waals surface area contributed by atoms with Crippen LogP contribution in [0, 0.1) is 6.92 Å². The van der Waals surface area contributed by atoms with E-state index in [1.165, 1.54) is 19.2 Å². The third-order valence-corrected chi connectivity index (χ3v) is 3.91. The zero-order valence-electron chi connectivity index (χ0n) is 11.7. The molecule has 1 aromatic carbocycles. The first kappa shape index (κ1) is 15.1. The van der Waals surface area contributed by atoms with Gasteiger partial charge in [-0.2, -0.15) is 0 Å². The number of benzene rings is 1. The highest BCUT2D eigenvalue weighted by Gasteiger charge is 2.30. The number of halogens is 2. The Bertz CT molecular complexity index is 792. The minimum atomic E-state index is -1.28. The summed E-state index contributed by atoms with van der Waals surface area (Å²) in [5, 5.41) is 10.9. The molecule has 1 aliphatic heterocycles. The van der Waals surface area contributed by atoms with E-state index in [-0.39, 0.29) is 10.6 Å². The standard InChI is InChI=1S/C15H11Cl2NO4/c1-6-8(14(19)21-2)5-10-12(18-6)9-3-7(16)4-11(17)13(9)22-15(10)20/h3-5,15,20H,1-2H3/t15-/m1/s1. The second-order valence-electron chi connectivity index (χ2n) is 4.79. The number of hydrogen-bond acceptors (Lipinski definition) is 5. The maximum atomic E-state index is 11.8. The Kier molecular flexibility index (Phi) is 3.72. The van der Waals surface area contributed by atoms with Crippen molar-refractivity contribution in [3.63, 3.8) is 0 Å². The van der Waals surface area contributed by atoms with Crippen LogP contribution < -0.4 is 4.74 Å². The van der Waals surface area contributed by atoms with Crippen LogP contribution in [0.1, 0.15) is 27.9 Å². The van der Waals surface area contributed by atoms with Crippen LogP contribution in [0.4, 0.5) is 0 Å². The molecule has 7 heteroatoms. The number of carbonyl (C=O) groups is 1. The van der Waals surface area contributed by atoms with Gasteiger partial charge in [-0.25, -0.2) is 4.79 Å². The number of carbonyl (C=O) groups excluding carboxylic acids is 1. The van der Waals surface area contributed by atoms with Crippen LogP contribution >= 0.6 is 23.2 Å². The highest BCUT2D eigenvalue weighted by molar-refractivity contribution is 6.36. The molecule has 0 unspecified atom stereocenters. The molecule has 0 bridgehead atoms. The molecule has 3 rings (SSSR count). The maximum Gasteiger partial charge on any atom is 0.339 e. The molecule has 0 fully saturated rings. The predicted octanol–water partition coefficient (Wildman–Crippen LogP) is 3.53. The van der Waals surface area contributed by atoms with E-state index in [9.17, 15) is 9.90 Å². The summed E-state index contributed by atoms with van der Waals surface area (Å²) in [5.74, 6) is -0.223. The number of pyridine rings is 1. The summed E-state index contributed by atoms with van der Waals surface area (Å²) in [6, 6.07) is 4.68. The Labute approximate surface area is 136 Å². The fourth-order valence-corrected chi connectivity index (χ4v) is 2.91. The summed E-state index contributed by atoms with van der Waals surface area (Å²) in [7, 11) is 1.28. The minimum absolute atomic E-state index is 0.264. The number of aryl methyl sites for hydroxylation is 1. The van der Waals surface area contributed by atoms with Crippen molar-refractivity contribution >= 4 is 29.2 Å². The van der Waals surface area contributed by atoms with Gasteiger partial charge in [0.05, 0.1) is 29.1 Å². The molecule has 0 saturated carbocycles. The van der Waals surface area contributed by atoms with E-state index in [2.05, 4.69) is 4.98 Å². The Morgan fingerprint density at radius 3 is 2.77 bits per heavy atom. The van der Waals surface area contributed by atoms with Crippen molar-refractivity contribution in [2.24, 2.45) is 0 Å². The van der Waals surface area contributed by atoms with Gasteiger partial charge >= 0.3 is 5.97 Å². The number of hydrogen-bond donors (Lipinski definition) is 1. The van der Waals surface area contributed by atoms with Crippen LogP contribution in [0.5, 0.6) is 5.75 Å². The van der Waals surface area contributed by atoms with Gasteiger partial charge in [-0.1, -0.05) is 23.2 Å². The molecule has 1 aliphatic rings.